The molecule has 3 aromatic rings. The van der Waals surface area contributed by atoms with Crippen LogP contribution in [0.15, 0.2) is 71.8 Å². The van der Waals surface area contributed by atoms with E-state index in [1.807, 2.05) is 51.1 Å². The quantitative estimate of drug-likeness (QED) is 0.262. The van der Waals surface area contributed by atoms with Crippen LogP contribution in [0, 0.1) is 13.8 Å². The molecule has 3 aromatic carbocycles. The number of hydrogen-bond acceptors (Lipinski definition) is 5. The average Bonchev–Trinajstić information content (AvgIpc) is 2.85. The third-order valence-corrected chi connectivity index (χ3v) is 5.11. The first-order valence-electron chi connectivity index (χ1n) is 11.2. The number of hydrogen-bond donors (Lipinski definition) is 3. The maximum absolute atomic E-state index is 12.2. The lowest BCUT2D eigenvalue weighted by Crippen LogP contribution is -2.32. The van der Waals surface area contributed by atoms with Gasteiger partial charge < -0.3 is 15.4 Å². The fraction of sp³-hybridized carbons (Fsp3) is 0.185. The molecule has 0 bridgehead atoms. The van der Waals surface area contributed by atoms with Gasteiger partial charge >= 0.3 is 11.8 Å². The third kappa shape index (κ3) is 7.82. The van der Waals surface area contributed by atoms with Crippen molar-refractivity contribution in [2.24, 2.45) is 5.10 Å². The summed E-state index contributed by atoms with van der Waals surface area (Å²) in [5.74, 6) is -1.44. The molecule has 0 aliphatic rings. The van der Waals surface area contributed by atoms with E-state index in [-0.39, 0.29) is 12.5 Å². The zero-order valence-electron chi connectivity index (χ0n) is 19.9. The van der Waals surface area contributed by atoms with Gasteiger partial charge in [-0.1, -0.05) is 36.8 Å². The Labute approximate surface area is 204 Å². The van der Waals surface area contributed by atoms with Crippen LogP contribution in [0.25, 0.3) is 0 Å². The van der Waals surface area contributed by atoms with Crippen LogP contribution in [0.4, 0.5) is 11.4 Å². The standard InChI is InChI=1S/C27H28N4O4/c1-4-20-6-10-22(11-7-20)29-26(33)27(34)31-28-16-21-8-12-23(13-9-21)35-17-25(32)30-24-14-5-18(2)15-19(24)3/h5-16H,4,17H2,1-3H3,(H,29,33)(H,30,32)(H,31,34)/b28-16-. The summed E-state index contributed by atoms with van der Waals surface area (Å²) in [5.41, 5.74) is 7.39. The molecule has 35 heavy (non-hydrogen) atoms. The van der Waals surface area contributed by atoms with Gasteiger partial charge in [0.2, 0.25) is 0 Å². The molecule has 8 heteroatoms. The lowest BCUT2D eigenvalue weighted by molar-refractivity contribution is -0.136. The van der Waals surface area contributed by atoms with E-state index in [0.717, 1.165) is 28.8 Å². The number of anilines is 2. The zero-order chi connectivity index (χ0) is 25.2. The maximum Gasteiger partial charge on any atom is 0.329 e. The smallest absolute Gasteiger partial charge is 0.329 e. The van der Waals surface area contributed by atoms with Crippen molar-refractivity contribution in [1.29, 1.82) is 0 Å². The minimum atomic E-state index is -0.879. The van der Waals surface area contributed by atoms with Crippen molar-refractivity contribution in [2.45, 2.75) is 27.2 Å². The largest absolute Gasteiger partial charge is 0.484 e. The van der Waals surface area contributed by atoms with Crippen LogP contribution in [0.2, 0.25) is 0 Å². The third-order valence-electron chi connectivity index (χ3n) is 5.11. The number of rotatable bonds is 8. The first-order valence-corrected chi connectivity index (χ1v) is 11.2. The molecule has 0 radical (unpaired) electrons. The van der Waals surface area contributed by atoms with Gasteiger partial charge in [-0.05, 0) is 79.4 Å². The Morgan fingerprint density at radius 3 is 2.26 bits per heavy atom. The van der Waals surface area contributed by atoms with Crippen LogP contribution in [0.3, 0.4) is 0 Å². The van der Waals surface area contributed by atoms with E-state index in [1.165, 1.54) is 6.21 Å². The number of nitrogens with zero attached hydrogens (tertiary/aromatic N) is 1. The van der Waals surface area contributed by atoms with Crippen molar-refractivity contribution in [3.05, 3.63) is 89.0 Å². The Kier molecular flexibility index (Phi) is 8.72. The van der Waals surface area contributed by atoms with E-state index in [4.69, 9.17) is 4.74 Å². The molecule has 0 saturated heterocycles. The number of hydrazone groups is 1. The number of carbonyl (C=O) groups excluding carboxylic acids is 3. The topological polar surface area (TPSA) is 109 Å². The summed E-state index contributed by atoms with van der Waals surface area (Å²) >= 11 is 0. The van der Waals surface area contributed by atoms with Crippen molar-refractivity contribution in [3.8, 4) is 5.75 Å². The first-order chi connectivity index (χ1) is 16.8. The molecule has 0 aliphatic heterocycles. The SMILES string of the molecule is CCc1ccc(NC(=O)C(=O)N/N=C\c2ccc(OCC(=O)Nc3ccc(C)cc3C)cc2)cc1. The van der Waals surface area contributed by atoms with Crippen LogP contribution < -0.4 is 20.8 Å². The number of nitrogens with one attached hydrogen (secondary N) is 3. The van der Waals surface area contributed by atoms with E-state index < -0.39 is 11.8 Å². The minimum absolute atomic E-state index is 0.132. The molecule has 0 heterocycles. The molecule has 3 rings (SSSR count). The second-order valence-corrected chi connectivity index (χ2v) is 7.93. The van der Waals surface area contributed by atoms with Crippen molar-refractivity contribution < 1.29 is 19.1 Å². The van der Waals surface area contributed by atoms with Crippen molar-refractivity contribution in [2.75, 3.05) is 17.2 Å². The molecule has 0 saturated carbocycles. The first kappa shape index (κ1) is 25.2. The molecular formula is C27H28N4O4. The molecule has 0 unspecified atom stereocenters. The van der Waals surface area contributed by atoms with Crippen molar-refractivity contribution in [3.63, 3.8) is 0 Å². The van der Waals surface area contributed by atoms with E-state index in [2.05, 4.69) is 21.2 Å². The van der Waals surface area contributed by atoms with Crippen LogP contribution in [-0.2, 0) is 20.8 Å². The Bertz CT molecular complexity index is 1220. The second kappa shape index (κ2) is 12.1. The number of amides is 3. The summed E-state index contributed by atoms with van der Waals surface area (Å²) in [6.07, 6.45) is 2.29. The van der Waals surface area contributed by atoms with Crippen LogP contribution in [-0.4, -0.2) is 30.5 Å². The van der Waals surface area contributed by atoms with Gasteiger partial charge in [0, 0.05) is 11.4 Å². The Morgan fingerprint density at radius 2 is 1.60 bits per heavy atom. The summed E-state index contributed by atoms with van der Waals surface area (Å²) < 4.78 is 5.52. The summed E-state index contributed by atoms with van der Waals surface area (Å²) in [5, 5.41) is 9.15. The van der Waals surface area contributed by atoms with Gasteiger partial charge in [-0.25, -0.2) is 5.43 Å². The summed E-state index contributed by atoms with van der Waals surface area (Å²) in [6.45, 7) is 5.83. The molecule has 3 amide bonds. The minimum Gasteiger partial charge on any atom is -0.484 e. The molecule has 0 atom stereocenters. The number of carbonyl (C=O) groups is 3. The van der Waals surface area contributed by atoms with Gasteiger partial charge in [-0.3, -0.25) is 14.4 Å². The number of ether oxygens (including phenoxy) is 1. The predicted molar refractivity (Wildman–Crippen MR) is 137 cm³/mol. The van der Waals surface area contributed by atoms with Gasteiger partial charge in [0.25, 0.3) is 5.91 Å². The monoisotopic (exact) mass is 472 g/mol. The van der Waals surface area contributed by atoms with E-state index in [1.54, 1.807) is 36.4 Å². The molecule has 0 aromatic heterocycles. The fourth-order valence-electron chi connectivity index (χ4n) is 3.17. The summed E-state index contributed by atoms with van der Waals surface area (Å²) in [4.78, 5) is 36.1. The van der Waals surface area contributed by atoms with Crippen LogP contribution in [0.1, 0.15) is 29.2 Å². The van der Waals surface area contributed by atoms with E-state index >= 15 is 0 Å². The average molecular weight is 473 g/mol. The highest BCUT2D eigenvalue weighted by atomic mass is 16.5. The lowest BCUT2D eigenvalue weighted by Gasteiger charge is -2.10. The Balaban J connectivity index is 1.43. The van der Waals surface area contributed by atoms with Gasteiger partial charge in [0.15, 0.2) is 6.61 Å². The molecule has 8 nitrogen and oxygen atoms in total. The van der Waals surface area contributed by atoms with Crippen LogP contribution >= 0.6 is 0 Å². The highest BCUT2D eigenvalue weighted by molar-refractivity contribution is 6.39. The van der Waals surface area contributed by atoms with E-state index in [0.29, 0.717) is 17.0 Å². The number of benzene rings is 3. The predicted octanol–water partition coefficient (Wildman–Crippen LogP) is 3.97. The molecule has 180 valence electrons. The normalized spacial score (nSPS) is 10.6. The highest BCUT2D eigenvalue weighted by Gasteiger charge is 2.12. The summed E-state index contributed by atoms with van der Waals surface area (Å²) in [7, 11) is 0. The maximum atomic E-state index is 12.2. The molecule has 0 fully saturated rings. The highest BCUT2D eigenvalue weighted by Crippen LogP contribution is 2.16. The molecule has 0 spiro atoms. The fourth-order valence-corrected chi connectivity index (χ4v) is 3.17. The van der Waals surface area contributed by atoms with Gasteiger partial charge in [-0.2, -0.15) is 5.10 Å². The van der Waals surface area contributed by atoms with Crippen LogP contribution in [0.5, 0.6) is 5.75 Å². The van der Waals surface area contributed by atoms with Gasteiger partial charge in [0.1, 0.15) is 5.75 Å². The van der Waals surface area contributed by atoms with Crippen molar-refractivity contribution >= 4 is 35.3 Å². The second-order valence-electron chi connectivity index (χ2n) is 7.93. The molecule has 3 N–H and O–H groups in total. The zero-order valence-corrected chi connectivity index (χ0v) is 19.9. The van der Waals surface area contributed by atoms with Crippen molar-refractivity contribution in [1.82, 2.24) is 5.43 Å². The summed E-state index contributed by atoms with van der Waals surface area (Å²) in [6, 6.07) is 19.8. The molecular weight excluding hydrogens is 444 g/mol. The number of aryl methyl sites for hydroxylation is 3. The van der Waals surface area contributed by atoms with Gasteiger partial charge in [-0.15, -0.1) is 0 Å². The van der Waals surface area contributed by atoms with E-state index in [9.17, 15) is 14.4 Å². The Morgan fingerprint density at radius 1 is 0.886 bits per heavy atom. The van der Waals surface area contributed by atoms with Gasteiger partial charge in [0.05, 0.1) is 6.21 Å². The Hall–Kier alpha value is -4.46. The molecule has 0 aliphatic carbocycles. The lowest BCUT2D eigenvalue weighted by atomic mass is 10.1.